The van der Waals surface area contributed by atoms with E-state index in [-0.39, 0.29) is 11.5 Å². The normalized spacial score (nSPS) is 21.7. The first-order valence-corrected chi connectivity index (χ1v) is 6.94. The van der Waals surface area contributed by atoms with E-state index in [4.69, 9.17) is 9.47 Å². The van der Waals surface area contributed by atoms with Crippen molar-refractivity contribution in [2.75, 3.05) is 38.7 Å². The quantitative estimate of drug-likeness (QED) is 0.831. The Bertz CT molecular complexity index is 439. The molecule has 2 rings (SSSR count). The first-order valence-electron chi connectivity index (χ1n) is 6.94. The number of nitrogens with one attached hydrogen (secondary N) is 2. The summed E-state index contributed by atoms with van der Waals surface area (Å²) in [6, 6.07) is 7.45. The maximum atomic E-state index is 12.1. The minimum absolute atomic E-state index is 0.0867. The number of amides is 1. The number of carbonyl (C=O) groups is 1. The fourth-order valence-electron chi connectivity index (χ4n) is 2.25. The van der Waals surface area contributed by atoms with Gasteiger partial charge in [0.1, 0.15) is 5.60 Å². The van der Waals surface area contributed by atoms with Crippen LogP contribution in [0.15, 0.2) is 24.3 Å². The summed E-state index contributed by atoms with van der Waals surface area (Å²) in [7, 11) is 1.66. The molecule has 1 aliphatic rings. The molecule has 1 saturated heterocycles. The predicted molar refractivity (Wildman–Crippen MR) is 78.1 cm³/mol. The molecule has 20 heavy (non-hydrogen) atoms. The number of hydrogen-bond donors (Lipinski definition) is 2. The molecule has 0 bridgehead atoms. The van der Waals surface area contributed by atoms with Crippen molar-refractivity contribution in [3.63, 3.8) is 0 Å². The Hall–Kier alpha value is -1.59. The Balaban J connectivity index is 1.91. The highest BCUT2D eigenvalue weighted by atomic mass is 16.5. The zero-order valence-electron chi connectivity index (χ0n) is 12.1. The molecule has 5 nitrogen and oxygen atoms in total. The maximum absolute atomic E-state index is 12.1. The van der Waals surface area contributed by atoms with E-state index in [0.29, 0.717) is 25.3 Å². The molecule has 0 aliphatic carbocycles. The molecule has 0 radical (unpaired) electrons. The van der Waals surface area contributed by atoms with Gasteiger partial charge in [-0.05, 0) is 31.2 Å². The van der Waals surface area contributed by atoms with Crippen LogP contribution < -0.4 is 10.6 Å². The third-order valence-electron chi connectivity index (χ3n) is 3.60. The lowest BCUT2D eigenvalue weighted by Crippen LogP contribution is -2.45. The molecule has 0 saturated carbocycles. The van der Waals surface area contributed by atoms with Gasteiger partial charge in [-0.2, -0.15) is 0 Å². The van der Waals surface area contributed by atoms with E-state index < -0.39 is 0 Å². The van der Waals surface area contributed by atoms with Crippen LogP contribution in [0.4, 0.5) is 5.69 Å². The van der Waals surface area contributed by atoms with Crippen LogP contribution in [0.3, 0.4) is 0 Å². The Kier molecular flexibility index (Phi) is 4.98. The van der Waals surface area contributed by atoms with Crippen LogP contribution in [-0.4, -0.2) is 44.9 Å². The molecule has 1 aromatic carbocycles. The van der Waals surface area contributed by atoms with Gasteiger partial charge in [-0.15, -0.1) is 0 Å². The van der Waals surface area contributed by atoms with E-state index in [0.717, 1.165) is 18.7 Å². The van der Waals surface area contributed by atoms with Gasteiger partial charge in [-0.3, -0.25) is 4.79 Å². The highest BCUT2D eigenvalue weighted by Crippen LogP contribution is 2.21. The van der Waals surface area contributed by atoms with Gasteiger partial charge in [-0.1, -0.05) is 0 Å². The van der Waals surface area contributed by atoms with Crippen LogP contribution >= 0.6 is 0 Å². The highest BCUT2D eigenvalue weighted by molar-refractivity contribution is 5.94. The summed E-state index contributed by atoms with van der Waals surface area (Å²) >= 11 is 0. The summed E-state index contributed by atoms with van der Waals surface area (Å²) in [5.74, 6) is -0.0867. The zero-order valence-corrected chi connectivity index (χ0v) is 12.1. The van der Waals surface area contributed by atoms with E-state index in [1.54, 1.807) is 7.11 Å². The Labute approximate surface area is 119 Å². The molecule has 1 aromatic rings. The SMILES string of the molecule is CCNc1ccc(C(=O)NCC2(OC)CCOC2)cc1. The van der Waals surface area contributed by atoms with Crippen LogP contribution in [-0.2, 0) is 9.47 Å². The lowest BCUT2D eigenvalue weighted by Gasteiger charge is -2.25. The second kappa shape index (κ2) is 6.72. The lowest BCUT2D eigenvalue weighted by molar-refractivity contribution is -0.0148. The van der Waals surface area contributed by atoms with Crippen molar-refractivity contribution in [2.45, 2.75) is 18.9 Å². The number of anilines is 1. The number of carbonyl (C=O) groups excluding carboxylic acids is 1. The van der Waals surface area contributed by atoms with Gasteiger partial charge >= 0.3 is 0 Å². The van der Waals surface area contributed by atoms with Crippen molar-refractivity contribution in [1.29, 1.82) is 0 Å². The number of benzene rings is 1. The molecule has 1 atom stereocenters. The Morgan fingerprint density at radius 2 is 2.15 bits per heavy atom. The molecule has 0 aromatic heterocycles. The minimum atomic E-state index is -0.376. The molecule has 0 spiro atoms. The molecule has 1 amide bonds. The monoisotopic (exact) mass is 278 g/mol. The molecule has 1 aliphatic heterocycles. The van der Waals surface area contributed by atoms with Crippen molar-refractivity contribution in [1.82, 2.24) is 5.32 Å². The lowest BCUT2D eigenvalue weighted by atomic mass is 10.0. The van der Waals surface area contributed by atoms with Crippen LogP contribution in [0.25, 0.3) is 0 Å². The van der Waals surface area contributed by atoms with Crippen LogP contribution in [0.1, 0.15) is 23.7 Å². The Morgan fingerprint density at radius 3 is 2.70 bits per heavy atom. The molecular formula is C15H22N2O3. The van der Waals surface area contributed by atoms with E-state index in [2.05, 4.69) is 10.6 Å². The first-order chi connectivity index (χ1) is 9.69. The molecule has 5 heteroatoms. The number of hydrogen-bond acceptors (Lipinski definition) is 4. The fourth-order valence-corrected chi connectivity index (χ4v) is 2.25. The Morgan fingerprint density at radius 1 is 1.40 bits per heavy atom. The van der Waals surface area contributed by atoms with Gasteiger partial charge < -0.3 is 20.1 Å². The van der Waals surface area contributed by atoms with Gasteiger partial charge in [0.15, 0.2) is 0 Å². The number of ether oxygens (including phenoxy) is 2. The molecular weight excluding hydrogens is 256 g/mol. The molecule has 1 unspecified atom stereocenters. The highest BCUT2D eigenvalue weighted by Gasteiger charge is 2.35. The smallest absolute Gasteiger partial charge is 0.251 e. The van der Waals surface area contributed by atoms with E-state index in [1.165, 1.54) is 0 Å². The van der Waals surface area contributed by atoms with Crippen molar-refractivity contribution in [3.8, 4) is 0 Å². The van der Waals surface area contributed by atoms with E-state index >= 15 is 0 Å². The molecule has 2 N–H and O–H groups in total. The van der Waals surface area contributed by atoms with Crippen molar-refractivity contribution in [3.05, 3.63) is 29.8 Å². The number of methoxy groups -OCH3 is 1. The largest absolute Gasteiger partial charge is 0.385 e. The van der Waals surface area contributed by atoms with Gasteiger partial charge in [0, 0.05) is 44.5 Å². The van der Waals surface area contributed by atoms with Gasteiger partial charge in [-0.25, -0.2) is 0 Å². The van der Waals surface area contributed by atoms with Crippen molar-refractivity contribution < 1.29 is 14.3 Å². The van der Waals surface area contributed by atoms with E-state index in [9.17, 15) is 4.79 Å². The maximum Gasteiger partial charge on any atom is 0.251 e. The fraction of sp³-hybridized carbons (Fsp3) is 0.533. The second-order valence-corrected chi connectivity index (χ2v) is 4.98. The third-order valence-corrected chi connectivity index (χ3v) is 3.60. The topological polar surface area (TPSA) is 59.6 Å². The van der Waals surface area contributed by atoms with Crippen LogP contribution in [0, 0.1) is 0 Å². The van der Waals surface area contributed by atoms with Crippen LogP contribution in [0.2, 0.25) is 0 Å². The summed E-state index contributed by atoms with van der Waals surface area (Å²) in [5.41, 5.74) is 1.29. The predicted octanol–water partition coefficient (Wildman–Crippen LogP) is 1.65. The average Bonchev–Trinajstić information content (AvgIpc) is 2.95. The summed E-state index contributed by atoms with van der Waals surface area (Å²) in [4.78, 5) is 12.1. The standard InChI is InChI=1S/C15H22N2O3/c1-3-16-13-6-4-12(5-7-13)14(18)17-10-15(19-2)8-9-20-11-15/h4-7,16H,3,8-11H2,1-2H3,(H,17,18). The second-order valence-electron chi connectivity index (χ2n) is 4.98. The zero-order chi connectivity index (χ0) is 14.4. The molecule has 1 fully saturated rings. The van der Waals surface area contributed by atoms with Gasteiger partial charge in [0.25, 0.3) is 5.91 Å². The van der Waals surface area contributed by atoms with Crippen molar-refractivity contribution in [2.24, 2.45) is 0 Å². The summed E-state index contributed by atoms with van der Waals surface area (Å²) in [6.45, 7) is 4.58. The summed E-state index contributed by atoms with van der Waals surface area (Å²) < 4.78 is 10.8. The summed E-state index contributed by atoms with van der Waals surface area (Å²) in [5, 5.41) is 6.12. The molecule has 110 valence electrons. The number of rotatable bonds is 6. The molecule has 1 heterocycles. The first kappa shape index (κ1) is 14.8. The third kappa shape index (κ3) is 3.49. The minimum Gasteiger partial charge on any atom is -0.385 e. The average molecular weight is 278 g/mol. The van der Waals surface area contributed by atoms with Crippen LogP contribution in [0.5, 0.6) is 0 Å². The van der Waals surface area contributed by atoms with E-state index in [1.807, 2.05) is 31.2 Å². The van der Waals surface area contributed by atoms with Crippen molar-refractivity contribution >= 4 is 11.6 Å². The summed E-state index contributed by atoms with van der Waals surface area (Å²) in [6.07, 6.45) is 0.809. The van der Waals surface area contributed by atoms with Gasteiger partial charge in [0.05, 0.1) is 6.61 Å². The van der Waals surface area contributed by atoms with Gasteiger partial charge in [0.2, 0.25) is 0 Å².